The van der Waals surface area contributed by atoms with Crippen molar-refractivity contribution in [2.75, 3.05) is 11.9 Å². The lowest BCUT2D eigenvalue weighted by molar-refractivity contribution is 0.382. The summed E-state index contributed by atoms with van der Waals surface area (Å²) in [5.74, 6) is 0.456. The molecule has 1 aliphatic rings. The van der Waals surface area contributed by atoms with Gasteiger partial charge in [-0.1, -0.05) is 26.8 Å². The Morgan fingerprint density at radius 2 is 1.94 bits per heavy atom. The number of nitrogens with one attached hydrogen (secondary N) is 2. The Balaban J connectivity index is 1.59. The third kappa shape index (κ3) is 4.12. The van der Waals surface area contributed by atoms with Crippen molar-refractivity contribution < 1.29 is 0 Å². The molecule has 0 amide bonds. The fourth-order valence-corrected chi connectivity index (χ4v) is 4.82. The molecule has 4 aromatic rings. The molecule has 0 unspecified atom stereocenters. The van der Waals surface area contributed by atoms with E-state index in [9.17, 15) is 4.79 Å². The van der Waals surface area contributed by atoms with Gasteiger partial charge in [-0.2, -0.15) is 4.98 Å². The first kappa shape index (κ1) is 23.2. The summed E-state index contributed by atoms with van der Waals surface area (Å²) in [5, 5.41) is 7.41. The highest BCUT2D eigenvalue weighted by Crippen LogP contribution is 2.31. The Morgan fingerprint density at radius 3 is 2.69 bits per heavy atom. The molecule has 8 heteroatoms. The number of hydrogen-bond donors (Lipinski definition) is 2. The summed E-state index contributed by atoms with van der Waals surface area (Å²) in [5.41, 5.74) is 5.68. The van der Waals surface area contributed by atoms with Gasteiger partial charge in [0, 0.05) is 41.3 Å². The van der Waals surface area contributed by atoms with Crippen LogP contribution in [0.5, 0.6) is 0 Å². The van der Waals surface area contributed by atoms with Crippen molar-refractivity contribution in [3.63, 3.8) is 0 Å². The summed E-state index contributed by atoms with van der Waals surface area (Å²) in [6, 6.07) is 10.3. The fraction of sp³-hybridized carbons (Fsp3) is 0.407. The molecule has 182 valence electrons. The second-order valence-electron chi connectivity index (χ2n) is 10.7. The lowest BCUT2D eigenvalue weighted by Crippen LogP contribution is -2.42. The standard InChI is InChI=1S/C27H33N7O/c1-7-33-24(35)20-16-29-25(31-18-8-9-21-17(14-18)10-13-30-27(21,5)6)32-23(20)34(33)19-11-12-28-22(15-19)26(2,3)4/h8-9,11-12,14-16,30H,7,10,13H2,1-6H3,(H,29,31,32). The Bertz CT molecular complexity index is 1470. The van der Waals surface area contributed by atoms with Crippen LogP contribution < -0.4 is 16.2 Å². The van der Waals surface area contributed by atoms with E-state index >= 15 is 0 Å². The minimum atomic E-state index is -0.117. The molecule has 0 fully saturated rings. The number of nitrogens with zero attached hydrogens (tertiary/aromatic N) is 5. The maximum Gasteiger partial charge on any atom is 0.278 e. The highest BCUT2D eigenvalue weighted by atomic mass is 16.1. The third-order valence-corrected chi connectivity index (χ3v) is 6.73. The van der Waals surface area contributed by atoms with E-state index in [1.165, 1.54) is 11.1 Å². The van der Waals surface area contributed by atoms with Gasteiger partial charge in [-0.3, -0.25) is 9.78 Å². The minimum absolute atomic E-state index is 0.0445. The SMILES string of the molecule is CCn1c(=O)c2cnc(Nc3ccc4c(c3)CCNC4(C)C)nc2n1-c1ccnc(C(C)(C)C)c1. The molecule has 1 aliphatic heterocycles. The Labute approximate surface area is 205 Å². The summed E-state index contributed by atoms with van der Waals surface area (Å²) >= 11 is 0. The number of rotatable bonds is 4. The van der Waals surface area contributed by atoms with Gasteiger partial charge < -0.3 is 10.6 Å². The molecule has 4 heterocycles. The molecule has 0 atom stereocenters. The van der Waals surface area contributed by atoms with Crippen molar-refractivity contribution in [2.24, 2.45) is 0 Å². The van der Waals surface area contributed by atoms with Gasteiger partial charge in [0.15, 0.2) is 5.65 Å². The zero-order chi connectivity index (χ0) is 25.0. The zero-order valence-electron chi connectivity index (χ0n) is 21.3. The number of pyridine rings is 1. The van der Waals surface area contributed by atoms with Gasteiger partial charge in [0.1, 0.15) is 5.39 Å². The molecular weight excluding hydrogens is 438 g/mol. The van der Waals surface area contributed by atoms with Crippen molar-refractivity contribution in [1.82, 2.24) is 29.6 Å². The second-order valence-corrected chi connectivity index (χ2v) is 10.7. The van der Waals surface area contributed by atoms with Crippen molar-refractivity contribution >= 4 is 22.7 Å². The van der Waals surface area contributed by atoms with Crippen LogP contribution in [0.3, 0.4) is 0 Å². The summed E-state index contributed by atoms with van der Waals surface area (Å²) in [4.78, 5) is 27.0. The van der Waals surface area contributed by atoms with Gasteiger partial charge >= 0.3 is 0 Å². The minimum Gasteiger partial charge on any atom is -0.324 e. The molecule has 0 radical (unpaired) electrons. The molecule has 8 nitrogen and oxygen atoms in total. The summed E-state index contributed by atoms with van der Waals surface area (Å²) in [6.45, 7) is 14.2. The van der Waals surface area contributed by atoms with Crippen LogP contribution in [-0.4, -0.2) is 30.9 Å². The average Bonchev–Trinajstić information content (AvgIpc) is 3.09. The van der Waals surface area contributed by atoms with Crippen LogP contribution in [-0.2, 0) is 23.9 Å². The van der Waals surface area contributed by atoms with Gasteiger partial charge in [-0.15, -0.1) is 0 Å². The van der Waals surface area contributed by atoms with E-state index in [1.54, 1.807) is 17.1 Å². The zero-order valence-corrected chi connectivity index (χ0v) is 21.3. The Kier molecular flexibility index (Phi) is 5.51. The molecule has 0 bridgehead atoms. The van der Waals surface area contributed by atoms with Crippen molar-refractivity contribution in [3.05, 3.63) is 69.9 Å². The molecule has 0 saturated carbocycles. The van der Waals surface area contributed by atoms with Crippen LogP contribution in [0.2, 0.25) is 0 Å². The molecule has 3 aromatic heterocycles. The van der Waals surface area contributed by atoms with Gasteiger partial charge in [-0.05, 0) is 69.1 Å². The maximum absolute atomic E-state index is 13.1. The quantitative estimate of drug-likeness (QED) is 0.458. The molecule has 0 aliphatic carbocycles. The maximum atomic E-state index is 13.1. The highest BCUT2D eigenvalue weighted by molar-refractivity contribution is 5.77. The van der Waals surface area contributed by atoms with Crippen LogP contribution in [0.15, 0.2) is 47.5 Å². The van der Waals surface area contributed by atoms with Crippen LogP contribution >= 0.6 is 0 Å². The van der Waals surface area contributed by atoms with E-state index in [1.807, 2.05) is 23.7 Å². The predicted molar refractivity (Wildman–Crippen MR) is 140 cm³/mol. The molecule has 0 spiro atoms. The molecule has 5 rings (SSSR count). The lowest BCUT2D eigenvalue weighted by atomic mass is 9.85. The summed E-state index contributed by atoms with van der Waals surface area (Å²) < 4.78 is 3.57. The third-order valence-electron chi connectivity index (χ3n) is 6.73. The van der Waals surface area contributed by atoms with E-state index in [0.29, 0.717) is 23.5 Å². The Morgan fingerprint density at radius 1 is 1.14 bits per heavy atom. The normalized spacial score (nSPS) is 15.3. The number of fused-ring (bicyclic) bond motifs is 2. The van der Waals surface area contributed by atoms with Crippen LogP contribution in [0.1, 0.15) is 58.4 Å². The van der Waals surface area contributed by atoms with E-state index in [2.05, 4.69) is 73.4 Å². The van der Waals surface area contributed by atoms with Gasteiger partial charge in [0.05, 0.1) is 5.69 Å². The molecule has 1 aromatic carbocycles. The Hall–Kier alpha value is -3.52. The van der Waals surface area contributed by atoms with E-state index in [-0.39, 0.29) is 16.5 Å². The molecule has 35 heavy (non-hydrogen) atoms. The highest BCUT2D eigenvalue weighted by Gasteiger charge is 2.26. The smallest absolute Gasteiger partial charge is 0.278 e. The van der Waals surface area contributed by atoms with Crippen LogP contribution in [0.25, 0.3) is 16.7 Å². The topological polar surface area (TPSA) is 89.7 Å². The largest absolute Gasteiger partial charge is 0.324 e. The van der Waals surface area contributed by atoms with Crippen molar-refractivity contribution in [2.45, 2.75) is 65.5 Å². The van der Waals surface area contributed by atoms with Crippen LogP contribution in [0, 0.1) is 0 Å². The fourth-order valence-electron chi connectivity index (χ4n) is 4.82. The number of aromatic nitrogens is 5. The molecular formula is C27H33N7O. The molecule has 0 saturated heterocycles. The first-order valence-electron chi connectivity index (χ1n) is 12.2. The predicted octanol–water partition coefficient (Wildman–Crippen LogP) is 4.42. The number of hydrogen-bond acceptors (Lipinski definition) is 6. The average molecular weight is 472 g/mol. The number of benzene rings is 1. The van der Waals surface area contributed by atoms with Gasteiger partial charge in [0.25, 0.3) is 5.56 Å². The lowest BCUT2D eigenvalue weighted by Gasteiger charge is -2.34. The van der Waals surface area contributed by atoms with Gasteiger partial charge in [0.2, 0.25) is 5.95 Å². The van der Waals surface area contributed by atoms with E-state index < -0.39 is 0 Å². The second kappa shape index (κ2) is 8.30. The first-order valence-corrected chi connectivity index (χ1v) is 12.2. The van der Waals surface area contributed by atoms with Gasteiger partial charge in [-0.25, -0.2) is 14.3 Å². The monoisotopic (exact) mass is 471 g/mol. The van der Waals surface area contributed by atoms with Crippen molar-refractivity contribution in [3.8, 4) is 5.69 Å². The van der Waals surface area contributed by atoms with E-state index in [0.717, 1.165) is 30.0 Å². The van der Waals surface area contributed by atoms with Crippen LogP contribution in [0.4, 0.5) is 11.6 Å². The van der Waals surface area contributed by atoms with E-state index in [4.69, 9.17) is 4.98 Å². The molecule has 2 N–H and O–H groups in total. The number of anilines is 2. The summed E-state index contributed by atoms with van der Waals surface area (Å²) in [7, 11) is 0. The van der Waals surface area contributed by atoms with Crippen molar-refractivity contribution in [1.29, 1.82) is 0 Å². The first-order chi connectivity index (χ1) is 16.6. The summed E-state index contributed by atoms with van der Waals surface area (Å²) in [6.07, 6.45) is 4.38.